The minimum absolute atomic E-state index is 0.0321. The summed E-state index contributed by atoms with van der Waals surface area (Å²) in [6, 6.07) is 16.5. The fourth-order valence-electron chi connectivity index (χ4n) is 3.60. The number of anilines is 1. The van der Waals surface area contributed by atoms with Crippen molar-refractivity contribution in [1.82, 2.24) is 4.98 Å². The van der Waals surface area contributed by atoms with Gasteiger partial charge in [-0.15, -0.1) is 0 Å². The molecule has 0 fully saturated rings. The quantitative estimate of drug-likeness (QED) is 0.275. The highest BCUT2D eigenvalue weighted by atomic mass is 35.5. The van der Waals surface area contributed by atoms with Crippen LogP contribution in [0.4, 0.5) is 19.0 Å². The zero-order valence-corrected chi connectivity index (χ0v) is 19.4. The lowest BCUT2D eigenvalue weighted by Crippen LogP contribution is -2.09. The lowest BCUT2D eigenvalue weighted by atomic mass is 10.1. The Hall–Kier alpha value is -3.78. The van der Waals surface area contributed by atoms with Gasteiger partial charge in [0, 0.05) is 17.6 Å². The molecule has 1 heterocycles. The molecule has 0 aliphatic rings. The van der Waals surface area contributed by atoms with E-state index in [1.165, 1.54) is 25.4 Å². The summed E-state index contributed by atoms with van der Waals surface area (Å²) in [6.07, 6.45) is -3.00. The van der Waals surface area contributed by atoms with E-state index in [4.69, 9.17) is 21.1 Å². The maximum atomic E-state index is 13.2. The van der Waals surface area contributed by atoms with Crippen molar-refractivity contribution < 1.29 is 27.4 Å². The maximum absolute atomic E-state index is 13.2. The molecule has 0 unspecified atom stereocenters. The first-order chi connectivity index (χ1) is 16.7. The number of methoxy groups -OCH3 is 1. The second-order valence-corrected chi connectivity index (χ2v) is 8.15. The fraction of sp³-hybridized carbons (Fsp3) is 0.154. The standard InChI is InChI=1S/C26H20ClF3N2O3/c1-15(16-9-11-17(12-10-16)25(33)34-2)32-24-23-20(21(27)14-31-24)7-4-8-22(23)35-19-6-3-5-18(13-19)26(28,29)30/h3-15H,1-2H3,(H,31,32)/t15-/m0/s1. The van der Waals surface area contributed by atoms with Gasteiger partial charge >= 0.3 is 12.1 Å². The van der Waals surface area contributed by atoms with Crippen LogP contribution in [0.5, 0.6) is 11.5 Å². The molecule has 5 nitrogen and oxygen atoms in total. The Balaban J connectivity index is 1.69. The van der Waals surface area contributed by atoms with Gasteiger partial charge in [-0.3, -0.25) is 0 Å². The summed E-state index contributed by atoms with van der Waals surface area (Å²) in [6.45, 7) is 1.91. The molecular weight excluding hydrogens is 481 g/mol. The molecule has 0 saturated carbocycles. The SMILES string of the molecule is COC(=O)c1ccc([C@H](C)Nc2ncc(Cl)c3cccc(Oc4cccc(C(F)(F)F)c4)c23)cc1. The zero-order chi connectivity index (χ0) is 25.2. The minimum Gasteiger partial charge on any atom is -0.465 e. The average molecular weight is 501 g/mol. The van der Waals surface area contributed by atoms with Crippen molar-refractivity contribution in [1.29, 1.82) is 0 Å². The number of pyridine rings is 1. The number of nitrogens with one attached hydrogen (secondary N) is 1. The Kier molecular flexibility index (Phi) is 6.84. The number of ether oxygens (including phenoxy) is 2. The van der Waals surface area contributed by atoms with E-state index in [0.29, 0.717) is 32.9 Å². The molecule has 0 amide bonds. The van der Waals surface area contributed by atoms with Crippen molar-refractivity contribution in [3.05, 3.63) is 94.6 Å². The smallest absolute Gasteiger partial charge is 0.416 e. The molecule has 0 spiro atoms. The summed E-state index contributed by atoms with van der Waals surface area (Å²) in [5, 5.41) is 4.83. The third-order valence-electron chi connectivity index (χ3n) is 5.40. The Labute approximate surface area is 204 Å². The van der Waals surface area contributed by atoms with Gasteiger partial charge in [0.25, 0.3) is 0 Å². The summed E-state index contributed by atoms with van der Waals surface area (Å²) in [5.41, 5.74) is 0.489. The van der Waals surface area contributed by atoms with Crippen molar-refractivity contribution in [2.24, 2.45) is 0 Å². The van der Waals surface area contributed by atoms with Gasteiger partial charge in [-0.25, -0.2) is 9.78 Å². The highest BCUT2D eigenvalue weighted by Gasteiger charge is 2.30. The maximum Gasteiger partial charge on any atom is 0.416 e. The number of hydrogen-bond donors (Lipinski definition) is 1. The highest BCUT2D eigenvalue weighted by Crippen LogP contribution is 2.39. The Morgan fingerprint density at radius 1 is 1.06 bits per heavy atom. The second-order valence-electron chi connectivity index (χ2n) is 7.74. The number of hydrogen-bond acceptors (Lipinski definition) is 5. The van der Waals surface area contributed by atoms with Crippen molar-refractivity contribution in [2.45, 2.75) is 19.1 Å². The number of rotatable bonds is 6. The number of nitrogens with zero attached hydrogens (tertiary/aromatic N) is 1. The molecule has 9 heteroatoms. The number of carbonyl (C=O) groups excluding carboxylic acids is 1. The lowest BCUT2D eigenvalue weighted by Gasteiger charge is -2.19. The zero-order valence-electron chi connectivity index (χ0n) is 18.7. The van der Waals surface area contributed by atoms with Crippen molar-refractivity contribution >= 4 is 34.2 Å². The van der Waals surface area contributed by atoms with Crippen LogP contribution in [0.1, 0.15) is 34.5 Å². The first kappa shape index (κ1) is 24.3. The van der Waals surface area contributed by atoms with Gasteiger partial charge in [-0.1, -0.05) is 41.9 Å². The number of fused-ring (bicyclic) bond motifs is 1. The predicted molar refractivity (Wildman–Crippen MR) is 128 cm³/mol. The molecule has 0 bridgehead atoms. The largest absolute Gasteiger partial charge is 0.465 e. The molecule has 0 saturated heterocycles. The topological polar surface area (TPSA) is 60.5 Å². The van der Waals surface area contributed by atoms with E-state index >= 15 is 0 Å². The molecule has 1 aromatic heterocycles. The van der Waals surface area contributed by atoms with E-state index in [0.717, 1.165) is 17.7 Å². The van der Waals surface area contributed by atoms with Gasteiger partial charge in [-0.2, -0.15) is 13.2 Å². The molecule has 4 aromatic rings. The summed E-state index contributed by atoms with van der Waals surface area (Å²) >= 11 is 6.37. The minimum atomic E-state index is -4.49. The van der Waals surface area contributed by atoms with Gasteiger partial charge in [0.1, 0.15) is 17.3 Å². The van der Waals surface area contributed by atoms with Crippen molar-refractivity contribution in [3.63, 3.8) is 0 Å². The van der Waals surface area contributed by atoms with Crippen LogP contribution in [-0.2, 0) is 10.9 Å². The average Bonchev–Trinajstić information content (AvgIpc) is 2.85. The number of carbonyl (C=O) groups is 1. The molecule has 0 aliphatic heterocycles. The third kappa shape index (κ3) is 5.33. The molecule has 1 atom stereocenters. The summed E-state index contributed by atoms with van der Waals surface area (Å²) in [7, 11) is 1.32. The van der Waals surface area contributed by atoms with Crippen LogP contribution in [0, 0.1) is 0 Å². The highest BCUT2D eigenvalue weighted by molar-refractivity contribution is 6.36. The van der Waals surface area contributed by atoms with E-state index in [1.54, 1.807) is 42.5 Å². The van der Waals surface area contributed by atoms with Gasteiger partial charge in [-0.05, 0) is 48.9 Å². The molecule has 4 rings (SSSR count). The predicted octanol–water partition coefficient (Wildman–Crippen LogP) is 7.66. The normalized spacial score (nSPS) is 12.3. The van der Waals surface area contributed by atoms with Crippen molar-refractivity contribution in [2.75, 3.05) is 12.4 Å². The summed E-state index contributed by atoms with van der Waals surface area (Å²) in [5.74, 6) is 0.340. The third-order valence-corrected chi connectivity index (χ3v) is 5.70. The first-order valence-electron chi connectivity index (χ1n) is 10.5. The molecule has 35 heavy (non-hydrogen) atoms. The van der Waals surface area contributed by atoms with E-state index in [1.807, 2.05) is 6.92 Å². The van der Waals surface area contributed by atoms with Crippen LogP contribution >= 0.6 is 11.6 Å². The van der Waals surface area contributed by atoms with E-state index in [2.05, 4.69) is 10.3 Å². The van der Waals surface area contributed by atoms with Crippen LogP contribution < -0.4 is 10.1 Å². The van der Waals surface area contributed by atoms with Crippen LogP contribution in [0.3, 0.4) is 0 Å². The van der Waals surface area contributed by atoms with E-state index in [9.17, 15) is 18.0 Å². The van der Waals surface area contributed by atoms with Gasteiger partial charge in [0.05, 0.1) is 28.6 Å². The van der Waals surface area contributed by atoms with E-state index < -0.39 is 17.7 Å². The Morgan fingerprint density at radius 3 is 2.46 bits per heavy atom. The number of halogens is 4. The van der Waals surface area contributed by atoms with Crippen LogP contribution in [-0.4, -0.2) is 18.1 Å². The number of benzene rings is 3. The van der Waals surface area contributed by atoms with Crippen LogP contribution in [0.15, 0.2) is 72.9 Å². The number of aromatic nitrogens is 1. The Morgan fingerprint density at radius 2 is 1.77 bits per heavy atom. The summed E-state index contributed by atoms with van der Waals surface area (Å²) < 4.78 is 50.1. The van der Waals surface area contributed by atoms with Crippen molar-refractivity contribution in [3.8, 4) is 11.5 Å². The van der Waals surface area contributed by atoms with Gasteiger partial charge < -0.3 is 14.8 Å². The van der Waals surface area contributed by atoms with Crippen LogP contribution in [0.2, 0.25) is 5.02 Å². The summed E-state index contributed by atoms with van der Waals surface area (Å²) in [4.78, 5) is 16.1. The first-order valence-corrected chi connectivity index (χ1v) is 10.9. The molecule has 180 valence electrons. The monoisotopic (exact) mass is 500 g/mol. The van der Waals surface area contributed by atoms with Crippen LogP contribution in [0.25, 0.3) is 10.8 Å². The van der Waals surface area contributed by atoms with Gasteiger partial charge in [0.2, 0.25) is 0 Å². The second kappa shape index (κ2) is 9.84. The molecule has 0 aliphatic carbocycles. The lowest BCUT2D eigenvalue weighted by molar-refractivity contribution is -0.137. The molecule has 1 N–H and O–H groups in total. The fourth-order valence-corrected chi connectivity index (χ4v) is 3.81. The number of alkyl halides is 3. The molecule has 3 aromatic carbocycles. The number of esters is 1. The van der Waals surface area contributed by atoms with Gasteiger partial charge in [0.15, 0.2) is 0 Å². The van der Waals surface area contributed by atoms with E-state index in [-0.39, 0.29) is 11.8 Å². The molecular formula is C26H20ClF3N2O3. The Bertz CT molecular complexity index is 1370. The molecule has 0 radical (unpaired) electrons.